The quantitative estimate of drug-likeness (QED) is 0.876. The van der Waals surface area contributed by atoms with E-state index >= 15 is 0 Å². The number of rotatable bonds is 4. The van der Waals surface area contributed by atoms with Crippen molar-refractivity contribution < 1.29 is 8.78 Å². The molecule has 0 bridgehead atoms. The van der Waals surface area contributed by atoms with Gasteiger partial charge in [0, 0.05) is 24.0 Å². The molecule has 0 fully saturated rings. The maximum atomic E-state index is 13.8. The minimum absolute atomic E-state index is 0.0240. The summed E-state index contributed by atoms with van der Waals surface area (Å²) in [4.78, 5) is 3.91. The van der Waals surface area contributed by atoms with Gasteiger partial charge < -0.3 is 5.73 Å². The molecule has 2 rings (SSSR count). The highest BCUT2D eigenvalue weighted by molar-refractivity contribution is 9.10. The molecule has 2 aromatic rings. The molecular weight excluding hydrogens is 314 g/mol. The first-order valence-electron chi connectivity index (χ1n) is 5.84. The molecule has 1 unspecified atom stereocenters. The van der Waals surface area contributed by atoms with E-state index in [-0.39, 0.29) is 22.5 Å². The van der Waals surface area contributed by atoms with E-state index in [0.29, 0.717) is 6.42 Å². The van der Waals surface area contributed by atoms with Crippen LogP contribution >= 0.6 is 15.9 Å². The van der Waals surface area contributed by atoms with E-state index < -0.39 is 11.6 Å². The second-order valence-corrected chi connectivity index (χ2v) is 5.20. The predicted octanol–water partition coefficient (Wildman–Crippen LogP) is 3.23. The van der Waals surface area contributed by atoms with Crippen molar-refractivity contribution in [1.82, 2.24) is 4.98 Å². The van der Waals surface area contributed by atoms with Gasteiger partial charge in [0.25, 0.3) is 0 Å². The lowest BCUT2D eigenvalue weighted by molar-refractivity contribution is 0.530. The van der Waals surface area contributed by atoms with Crippen molar-refractivity contribution in [3.05, 3.63) is 63.9 Å². The first kappa shape index (κ1) is 14.1. The van der Waals surface area contributed by atoms with Crippen LogP contribution in [-0.4, -0.2) is 11.0 Å². The van der Waals surface area contributed by atoms with Gasteiger partial charge in [-0.2, -0.15) is 0 Å². The molecule has 5 heteroatoms. The number of halogens is 3. The molecule has 2 nitrogen and oxygen atoms in total. The fourth-order valence-electron chi connectivity index (χ4n) is 1.91. The average Bonchev–Trinajstić information content (AvgIpc) is 2.40. The van der Waals surface area contributed by atoms with Crippen molar-refractivity contribution in [2.45, 2.75) is 18.9 Å². The molecule has 1 aromatic heterocycles. The molecule has 0 aliphatic heterocycles. The Balaban J connectivity index is 2.11. The smallest absolute Gasteiger partial charge is 0.143 e. The predicted molar refractivity (Wildman–Crippen MR) is 73.7 cm³/mol. The van der Waals surface area contributed by atoms with Gasteiger partial charge in [0.1, 0.15) is 11.6 Å². The monoisotopic (exact) mass is 326 g/mol. The van der Waals surface area contributed by atoms with Gasteiger partial charge in [-0.3, -0.25) is 4.98 Å². The maximum Gasteiger partial charge on any atom is 0.143 e. The van der Waals surface area contributed by atoms with Gasteiger partial charge in [-0.25, -0.2) is 8.78 Å². The molecule has 1 heterocycles. The summed E-state index contributed by atoms with van der Waals surface area (Å²) in [6, 6.07) is 5.92. The Kier molecular flexibility index (Phi) is 4.61. The molecular formula is C14H13BrF2N2. The Bertz CT molecular complexity index is 561. The van der Waals surface area contributed by atoms with Crippen molar-refractivity contribution >= 4 is 15.9 Å². The fourth-order valence-corrected chi connectivity index (χ4v) is 2.28. The van der Waals surface area contributed by atoms with Gasteiger partial charge >= 0.3 is 0 Å². The summed E-state index contributed by atoms with van der Waals surface area (Å²) in [5.41, 5.74) is 6.98. The highest BCUT2D eigenvalue weighted by atomic mass is 79.9. The Hall–Kier alpha value is -1.33. The van der Waals surface area contributed by atoms with E-state index in [0.717, 1.165) is 5.56 Å². The van der Waals surface area contributed by atoms with Crippen molar-refractivity contribution in [2.24, 2.45) is 5.73 Å². The van der Waals surface area contributed by atoms with Crippen molar-refractivity contribution in [3.63, 3.8) is 0 Å². The SMILES string of the molecule is NC(Cc1ccncc1)Cc1c(F)ccc(Br)c1F. The van der Waals surface area contributed by atoms with Crippen LogP contribution in [0.3, 0.4) is 0 Å². The molecule has 0 spiro atoms. The number of hydrogen-bond donors (Lipinski definition) is 1. The molecule has 0 amide bonds. The van der Waals surface area contributed by atoms with Crippen LogP contribution in [0.15, 0.2) is 41.1 Å². The Morgan fingerprint density at radius 2 is 1.79 bits per heavy atom. The van der Waals surface area contributed by atoms with E-state index in [4.69, 9.17) is 5.73 Å². The fraction of sp³-hybridized carbons (Fsp3) is 0.214. The minimum Gasteiger partial charge on any atom is -0.327 e. The van der Waals surface area contributed by atoms with Gasteiger partial charge in [-0.15, -0.1) is 0 Å². The van der Waals surface area contributed by atoms with Crippen LogP contribution in [0, 0.1) is 11.6 Å². The maximum absolute atomic E-state index is 13.8. The summed E-state index contributed by atoms with van der Waals surface area (Å²) in [5.74, 6) is -1.14. The topological polar surface area (TPSA) is 38.9 Å². The summed E-state index contributed by atoms with van der Waals surface area (Å²) in [5, 5.41) is 0. The normalized spacial score (nSPS) is 12.4. The number of pyridine rings is 1. The van der Waals surface area contributed by atoms with Gasteiger partial charge in [0.2, 0.25) is 0 Å². The summed E-state index contributed by atoms with van der Waals surface area (Å²) in [7, 11) is 0. The molecule has 1 aromatic carbocycles. The van der Waals surface area contributed by atoms with E-state index in [1.54, 1.807) is 12.4 Å². The standard InChI is InChI=1S/C14H13BrF2N2/c15-12-1-2-13(16)11(14(12)17)8-10(18)7-9-3-5-19-6-4-9/h1-6,10H,7-8,18H2. The van der Waals surface area contributed by atoms with Crippen molar-refractivity contribution in [2.75, 3.05) is 0 Å². The summed E-state index contributed by atoms with van der Waals surface area (Å²) in [6.45, 7) is 0. The first-order valence-corrected chi connectivity index (χ1v) is 6.64. The van der Waals surface area contributed by atoms with Crippen LogP contribution in [0.1, 0.15) is 11.1 Å². The molecule has 0 radical (unpaired) electrons. The Morgan fingerprint density at radius 1 is 1.11 bits per heavy atom. The van der Waals surface area contributed by atoms with E-state index in [9.17, 15) is 8.78 Å². The lowest BCUT2D eigenvalue weighted by atomic mass is 9.99. The Labute approximate surface area is 118 Å². The lowest BCUT2D eigenvalue weighted by Crippen LogP contribution is -2.26. The zero-order valence-corrected chi connectivity index (χ0v) is 11.7. The van der Waals surface area contributed by atoms with E-state index in [1.807, 2.05) is 12.1 Å². The van der Waals surface area contributed by atoms with Crippen LogP contribution in [0.5, 0.6) is 0 Å². The third kappa shape index (κ3) is 3.58. The summed E-state index contributed by atoms with van der Waals surface area (Å²) >= 11 is 3.05. The van der Waals surface area contributed by atoms with Crippen molar-refractivity contribution in [3.8, 4) is 0 Å². The van der Waals surface area contributed by atoms with Crippen LogP contribution in [-0.2, 0) is 12.8 Å². The highest BCUT2D eigenvalue weighted by Gasteiger charge is 2.15. The molecule has 100 valence electrons. The van der Waals surface area contributed by atoms with Gasteiger partial charge in [-0.05, 0) is 58.6 Å². The first-order chi connectivity index (χ1) is 9.08. The number of nitrogens with zero attached hydrogens (tertiary/aromatic N) is 1. The van der Waals surface area contributed by atoms with Crippen LogP contribution in [0.4, 0.5) is 8.78 Å². The Morgan fingerprint density at radius 3 is 2.47 bits per heavy atom. The molecule has 2 N–H and O–H groups in total. The van der Waals surface area contributed by atoms with Gasteiger partial charge in [-0.1, -0.05) is 0 Å². The second-order valence-electron chi connectivity index (χ2n) is 4.35. The zero-order chi connectivity index (χ0) is 13.8. The number of hydrogen-bond acceptors (Lipinski definition) is 2. The number of aromatic nitrogens is 1. The van der Waals surface area contributed by atoms with Crippen LogP contribution in [0.25, 0.3) is 0 Å². The molecule has 0 saturated carbocycles. The third-order valence-corrected chi connectivity index (χ3v) is 3.46. The highest BCUT2D eigenvalue weighted by Crippen LogP contribution is 2.23. The summed E-state index contributed by atoms with van der Waals surface area (Å²) in [6.07, 6.45) is 4.04. The second kappa shape index (κ2) is 6.21. The number of nitrogens with two attached hydrogens (primary N) is 1. The van der Waals surface area contributed by atoms with E-state index in [1.165, 1.54) is 12.1 Å². The van der Waals surface area contributed by atoms with Crippen LogP contribution in [0.2, 0.25) is 0 Å². The van der Waals surface area contributed by atoms with E-state index in [2.05, 4.69) is 20.9 Å². The third-order valence-electron chi connectivity index (χ3n) is 2.85. The minimum atomic E-state index is -0.579. The largest absolute Gasteiger partial charge is 0.327 e. The lowest BCUT2D eigenvalue weighted by Gasteiger charge is -2.13. The molecule has 0 saturated heterocycles. The molecule has 19 heavy (non-hydrogen) atoms. The van der Waals surface area contributed by atoms with Crippen LogP contribution < -0.4 is 5.73 Å². The average molecular weight is 327 g/mol. The molecule has 1 atom stereocenters. The van der Waals surface area contributed by atoms with Gasteiger partial charge in [0.15, 0.2) is 0 Å². The zero-order valence-electron chi connectivity index (χ0n) is 10.1. The summed E-state index contributed by atoms with van der Waals surface area (Å²) < 4.78 is 27.7. The molecule has 0 aliphatic carbocycles. The van der Waals surface area contributed by atoms with Gasteiger partial charge in [0.05, 0.1) is 4.47 Å². The molecule has 0 aliphatic rings. The number of benzene rings is 1. The van der Waals surface area contributed by atoms with Crippen molar-refractivity contribution in [1.29, 1.82) is 0 Å².